The third-order valence-corrected chi connectivity index (χ3v) is 3.94. The average Bonchev–Trinajstić information content (AvgIpc) is 3.17. The number of hydrogen-bond acceptors (Lipinski definition) is 5. The number of halogens is 2. The summed E-state index contributed by atoms with van der Waals surface area (Å²) in [6, 6.07) is 15.5. The van der Waals surface area contributed by atoms with Gasteiger partial charge in [0.1, 0.15) is 12.4 Å². The molecule has 0 saturated heterocycles. The summed E-state index contributed by atoms with van der Waals surface area (Å²) in [5.41, 5.74) is 1.58. The molecule has 7 heteroatoms. The lowest BCUT2D eigenvalue weighted by molar-refractivity contribution is 0.0483. The van der Waals surface area contributed by atoms with E-state index < -0.39 is 5.97 Å². The molecule has 0 aliphatic heterocycles. The van der Waals surface area contributed by atoms with Gasteiger partial charge in [0.2, 0.25) is 5.76 Å². The summed E-state index contributed by atoms with van der Waals surface area (Å²) in [6.07, 6.45) is 2.80. The average molecular weight is 390 g/mol. The molecule has 3 aromatic rings. The van der Waals surface area contributed by atoms with E-state index >= 15 is 0 Å². The summed E-state index contributed by atoms with van der Waals surface area (Å²) < 4.78 is 10.6. The molecule has 0 unspecified atom stereocenters. The summed E-state index contributed by atoms with van der Waals surface area (Å²) in [5, 5.41) is 4.77. The molecule has 0 radical (unpaired) electrons. The van der Waals surface area contributed by atoms with Crippen LogP contribution in [0.25, 0.3) is 0 Å². The lowest BCUT2D eigenvalue weighted by Gasteiger charge is -2.08. The molecular formula is C19H13Cl2NO4. The molecule has 0 atom stereocenters. The van der Waals surface area contributed by atoms with Crippen LogP contribution < -0.4 is 4.74 Å². The van der Waals surface area contributed by atoms with Gasteiger partial charge >= 0.3 is 5.97 Å². The number of carbonyl (C=O) groups excluding carboxylic acids is 1. The fraction of sp³-hybridized carbons (Fsp3) is 0.0526. The first kappa shape index (κ1) is 18.0. The first-order valence-corrected chi connectivity index (χ1v) is 8.32. The fourth-order valence-corrected chi connectivity index (χ4v) is 2.49. The zero-order valence-corrected chi connectivity index (χ0v) is 14.9. The van der Waals surface area contributed by atoms with Crippen molar-refractivity contribution in [3.8, 4) is 5.75 Å². The van der Waals surface area contributed by atoms with E-state index in [2.05, 4.69) is 5.16 Å². The Hall–Kier alpha value is -2.76. The fourth-order valence-electron chi connectivity index (χ4n) is 2.02. The lowest BCUT2D eigenvalue weighted by atomic mass is 10.2. The minimum Gasteiger partial charge on any atom is -0.489 e. The van der Waals surface area contributed by atoms with Crippen molar-refractivity contribution in [2.45, 2.75) is 6.61 Å². The van der Waals surface area contributed by atoms with Crippen molar-refractivity contribution in [3.05, 3.63) is 87.8 Å². The first-order valence-electron chi connectivity index (χ1n) is 7.57. The minimum absolute atomic E-state index is 0.0896. The predicted octanol–water partition coefficient (Wildman–Crippen LogP) is 5.36. The molecule has 1 aromatic heterocycles. The Kier molecular flexibility index (Phi) is 5.94. The molecule has 3 rings (SSSR count). The molecule has 26 heavy (non-hydrogen) atoms. The third kappa shape index (κ3) is 4.88. The molecule has 0 fully saturated rings. The summed E-state index contributed by atoms with van der Waals surface area (Å²) in [5.74, 6) is 0.0959. The SMILES string of the molecule is O=C(O/N=C/c1ccc(OCc2ccc(Cl)cc2Cl)cc1)c1ccco1. The predicted molar refractivity (Wildman–Crippen MR) is 99.0 cm³/mol. The molecule has 0 amide bonds. The molecule has 5 nitrogen and oxygen atoms in total. The number of furan rings is 1. The molecule has 0 aliphatic carbocycles. The number of nitrogens with zero attached hydrogens (tertiary/aromatic N) is 1. The molecule has 1 heterocycles. The topological polar surface area (TPSA) is 61.0 Å². The van der Waals surface area contributed by atoms with Crippen molar-refractivity contribution < 1.29 is 18.8 Å². The van der Waals surface area contributed by atoms with Gasteiger partial charge in [0.25, 0.3) is 0 Å². The van der Waals surface area contributed by atoms with Gasteiger partial charge in [-0.1, -0.05) is 34.4 Å². The van der Waals surface area contributed by atoms with E-state index in [1.165, 1.54) is 18.5 Å². The number of rotatable bonds is 6. The van der Waals surface area contributed by atoms with E-state index in [4.69, 9.17) is 37.2 Å². The van der Waals surface area contributed by atoms with Crippen LogP contribution in [0.2, 0.25) is 10.0 Å². The molecular weight excluding hydrogens is 377 g/mol. The van der Waals surface area contributed by atoms with Crippen LogP contribution in [0, 0.1) is 0 Å². The van der Waals surface area contributed by atoms with Crippen LogP contribution >= 0.6 is 23.2 Å². The zero-order valence-electron chi connectivity index (χ0n) is 13.4. The van der Waals surface area contributed by atoms with Gasteiger partial charge in [-0.2, -0.15) is 0 Å². The van der Waals surface area contributed by atoms with Gasteiger partial charge < -0.3 is 14.0 Å². The van der Waals surface area contributed by atoms with Crippen LogP contribution in [0.5, 0.6) is 5.75 Å². The van der Waals surface area contributed by atoms with Gasteiger partial charge in [0, 0.05) is 15.6 Å². The van der Waals surface area contributed by atoms with Crippen molar-refractivity contribution in [1.82, 2.24) is 0 Å². The first-order chi connectivity index (χ1) is 12.6. The summed E-state index contributed by atoms with van der Waals surface area (Å²) in [4.78, 5) is 16.3. The van der Waals surface area contributed by atoms with Crippen molar-refractivity contribution >= 4 is 35.4 Å². The second-order valence-corrected chi connectivity index (χ2v) is 6.03. The van der Waals surface area contributed by atoms with E-state index in [0.29, 0.717) is 22.4 Å². The van der Waals surface area contributed by atoms with E-state index in [1.54, 1.807) is 42.5 Å². The number of oxime groups is 1. The maximum Gasteiger partial charge on any atom is 0.400 e. The maximum atomic E-state index is 11.5. The van der Waals surface area contributed by atoms with Crippen LogP contribution in [0.1, 0.15) is 21.7 Å². The number of hydrogen-bond donors (Lipinski definition) is 0. The highest BCUT2D eigenvalue weighted by molar-refractivity contribution is 6.35. The minimum atomic E-state index is -0.661. The smallest absolute Gasteiger partial charge is 0.400 e. The maximum absolute atomic E-state index is 11.5. The Labute approximate surface area is 159 Å². The van der Waals surface area contributed by atoms with E-state index in [9.17, 15) is 4.79 Å². The second-order valence-electron chi connectivity index (χ2n) is 5.18. The van der Waals surface area contributed by atoms with Crippen molar-refractivity contribution in [1.29, 1.82) is 0 Å². The Morgan fingerprint density at radius 1 is 1.12 bits per heavy atom. The third-order valence-electron chi connectivity index (χ3n) is 3.35. The van der Waals surface area contributed by atoms with Gasteiger partial charge in [-0.15, -0.1) is 0 Å². The Bertz CT molecular complexity index is 906. The standard InChI is InChI=1S/C19H13Cl2NO4/c20-15-6-5-14(17(21)10-15)12-25-16-7-3-13(4-8-16)11-22-26-19(23)18-2-1-9-24-18/h1-11H,12H2/b22-11+. The highest BCUT2D eigenvalue weighted by Gasteiger charge is 2.09. The normalized spacial score (nSPS) is 10.8. The molecule has 0 spiro atoms. The Balaban J connectivity index is 1.53. The van der Waals surface area contributed by atoms with Crippen LogP contribution in [0.15, 0.2) is 70.4 Å². The molecule has 132 valence electrons. The summed E-state index contributed by atoms with van der Waals surface area (Å²) in [6.45, 7) is 0.324. The van der Waals surface area contributed by atoms with Gasteiger partial charge in [0.05, 0.1) is 12.5 Å². The summed E-state index contributed by atoms with van der Waals surface area (Å²) >= 11 is 12.0. The summed E-state index contributed by atoms with van der Waals surface area (Å²) in [7, 11) is 0. The largest absolute Gasteiger partial charge is 0.489 e. The van der Waals surface area contributed by atoms with E-state index in [1.807, 2.05) is 6.07 Å². The van der Waals surface area contributed by atoms with E-state index in [-0.39, 0.29) is 5.76 Å². The second kappa shape index (κ2) is 8.56. The van der Waals surface area contributed by atoms with Crippen molar-refractivity contribution in [3.63, 3.8) is 0 Å². The monoisotopic (exact) mass is 389 g/mol. The van der Waals surface area contributed by atoms with Crippen molar-refractivity contribution in [2.75, 3.05) is 0 Å². The highest BCUT2D eigenvalue weighted by Crippen LogP contribution is 2.22. The number of ether oxygens (including phenoxy) is 1. The molecule has 0 N–H and O–H groups in total. The van der Waals surface area contributed by atoms with Gasteiger partial charge in [-0.05, 0) is 54.1 Å². The molecule has 2 aromatic carbocycles. The number of benzene rings is 2. The van der Waals surface area contributed by atoms with Gasteiger partial charge in [0.15, 0.2) is 0 Å². The van der Waals surface area contributed by atoms with E-state index in [0.717, 1.165) is 11.1 Å². The highest BCUT2D eigenvalue weighted by atomic mass is 35.5. The lowest BCUT2D eigenvalue weighted by Crippen LogP contribution is -1.99. The quantitative estimate of drug-likeness (QED) is 0.323. The van der Waals surface area contributed by atoms with Crippen LogP contribution in [-0.2, 0) is 11.4 Å². The van der Waals surface area contributed by atoms with Crippen LogP contribution in [0.3, 0.4) is 0 Å². The van der Waals surface area contributed by atoms with Crippen molar-refractivity contribution in [2.24, 2.45) is 5.16 Å². The number of carbonyl (C=O) groups is 1. The van der Waals surface area contributed by atoms with Gasteiger partial charge in [-0.3, -0.25) is 0 Å². The molecule has 0 saturated carbocycles. The Morgan fingerprint density at radius 2 is 1.92 bits per heavy atom. The molecule has 0 aliphatic rings. The Morgan fingerprint density at radius 3 is 2.62 bits per heavy atom. The van der Waals surface area contributed by atoms with Crippen LogP contribution in [0.4, 0.5) is 0 Å². The van der Waals surface area contributed by atoms with Gasteiger partial charge in [-0.25, -0.2) is 4.79 Å². The zero-order chi connectivity index (χ0) is 18.4. The van der Waals surface area contributed by atoms with Crippen LogP contribution in [-0.4, -0.2) is 12.2 Å². The molecule has 0 bridgehead atoms.